The van der Waals surface area contributed by atoms with Gasteiger partial charge in [-0.3, -0.25) is 10.3 Å². The van der Waals surface area contributed by atoms with Crippen LogP contribution in [0.15, 0.2) is 53.0 Å². The third kappa shape index (κ3) is 6.54. The van der Waals surface area contributed by atoms with Gasteiger partial charge in [0.1, 0.15) is 29.5 Å². The lowest BCUT2D eigenvalue weighted by Crippen LogP contribution is -2.50. The molecule has 3 atom stereocenters. The number of amides is 1. The van der Waals surface area contributed by atoms with E-state index in [9.17, 15) is 4.79 Å². The first kappa shape index (κ1) is 24.6. The minimum Gasteiger partial charge on any atom is -0.497 e. The van der Waals surface area contributed by atoms with Crippen molar-refractivity contribution in [2.24, 2.45) is 9.98 Å². The van der Waals surface area contributed by atoms with Gasteiger partial charge in [-0.1, -0.05) is 0 Å². The number of nitrogens with one attached hydrogen (secondary N) is 1. The van der Waals surface area contributed by atoms with Crippen LogP contribution in [0.4, 0.5) is 4.79 Å². The topological polar surface area (TPSA) is 111 Å². The molecule has 10 nitrogen and oxygen atoms in total. The van der Waals surface area contributed by atoms with Crippen molar-refractivity contribution in [1.29, 1.82) is 0 Å². The number of methoxy groups -OCH3 is 1. The van der Waals surface area contributed by atoms with Crippen molar-refractivity contribution in [3.63, 3.8) is 0 Å². The number of likely N-dealkylation sites (tertiary alicyclic amines) is 1. The van der Waals surface area contributed by atoms with E-state index in [1.807, 2.05) is 45.0 Å². The predicted octanol–water partition coefficient (Wildman–Crippen LogP) is 3.40. The van der Waals surface area contributed by atoms with Gasteiger partial charge in [0.05, 0.1) is 7.11 Å². The Hall–Kier alpha value is -3.53. The van der Waals surface area contributed by atoms with Gasteiger partial charge in [-0.25, -0.2) is 19.8 Å². The van der Waals surface area contributed by atoms with Crippen molar-refractivity contribution in [3.8, 4) is 11.5 Å². The van der Waals surface area contributed by atoms with Crippen molar-refractivity contribution in [1.82, 2.24) is 20.2 Å². The van der Waals surface area contributed by atoms with Crippen LogP contribution in [-0.4, -0.2) is 71.0 Å². The molecule has 4 rings (SSSR count). The van der Waals surface area contributed by atoms with E-state index in [1.54, 1.807) is 30.6 Å². The molecular weight excluding hydrogens is 448 g/mol. The van der Waals surface area contributed by atoms with E-state index < -0.39 is 11.8 Å². The van der Waals surface area contributed by atoms with Crippen LogP contribution in [0, 0.1) is 0 Å². The molecule has 10 heteroatoms. The fourth-order valence-corrected chi connectivity index (χ4v) is 3.94. The van der Waals surface area contributed by atoms with Crippen molar-refractivity contribution in [2.75, 3.05) is 20.2 Å². The molecule has 1 fully saturated rings. The van der Waals surface area contributed by atoms with E-state index in [1.165, 1.54) is 6.33 Å². The second-order valence-electron chi connectivity index (χ2n) is 9.44. The fourth-order valence-electron chi connectivity index (χ4n) is 3.94. The third-order valence-electron chi connectivity index (χ3n) is 5.63. The van der Waals surface area contributed by atoms with Crippen LogP contribution in [0.1, 0.15) is 45.3 Å². The second kappa shape index (κ2) is 10.8. The van der Waals surface area contributed by atoms with E-state index in [0.29, 0.717) is 24.7 Å². The first-order valence-electron chi connectivity index (χ1n) is 11.7. The molecule has 0 bridgehead atoms. The average Bonchev–Trinajstić information content (AvgIpc) is 3.32. The van der Waals surface area contributed by atoms with Crippen LogP contribution < -0.4 is 14.8 Å². The van der Waals surface area contributed by atoms with Crippen LogP contribution in [-0.2, 0) is 4.74 Å². The normalized spacial score (nSPS) is 22.0. The van der Waals surface area contributed by atoms with E-state index >= 15 is 0 Å². The van der Waals surface area contributed by atoms with E-state index in [4.69, 9.17) is 19.2 Å². The molecule has 0 radical (unpaired) electrons. The average molecular weight is 481 g/mol. The molecule has 1 N–H and O–H groups in total. The highest BCUT2D eigenvalue weighted by molar-refractivity contribution is 6.00. The summed E-state index contributed by atoms with van der Waals surface area (Å²) in [6.45, 7) is 6.86. The zero-order valence-electron chi connectivity index (χ0n) is 20.5. The van der Waals surface area contributed by atoms with Crippen LogP contribution in [0.25, 0.3) is 0 Å². The number of hydrogen-bond acceptors (Lipinski definition) is 9. The SMILES string of the molecule is COc1ccc(OC2=NC(c3cncnc3)N=CC2NCC2CCCN2C(=O)OC(C)(C)C)cc1. The predicted molar refractivity (Wildman–Crippen MR) is 132 cm³/mol. The Balaban J connectivity index is 1.47. The highest BCUT2D eigenvalue weighted by Crippen LogP contribution is 2.24. The zero-order chi connectivity index (χ0) is 24.8. The Morgan fingerprint density at radius 1 is 1.14 bits per heavy atom. The van der Waals surface area contributed by atoms with Crippen LogP contribution in [0.5, 0.6) is 11.5 Å². The number of hydrogen-bond donors (Lipinski definition) is 1. The molecule has 3 unspecified atom stereocenters. The summed E-state index contributed by atoms with van der Waals surface area (Å²) in [6, 6.07) is 6.96. The van der Waals surface area contributed by atoms with Gasteiger partial charge in [0.2, 0.25) is 5.90 Å². The summed E-state index contributed by atoms with van der Waals surface area (Å²) < 4.78 is 17.0. The molecule has 1 aromatic heterocycles. The first-order chi connectivity index (χ1) is 16.8. The molecule has 2 aliphatic rings. The van der Waals surface area contributed by atoms with Gasteiger partial charge in [0, 0.05) is 43.3 Å². The van der Waals surface area contributed by atoms with Crippen LogP contribution in [0.2, 0.25) is 0 Å². The first-order valence-corrected chi connectivity index (χ1v) is 11.7. The molecule has 0 aliphatic carbocycles. The third-order valence-corrected chi connectivity index (χ3v) is 5.63. The van der Waals surface area contributed by atoms with Crippen molar-refractivity contribution in [3.05, 3.63) is 48.5 Å². The second-order valence-corrected chi connectivity index (χ2v) is 9.44. The minimum absolute atomic E-state index is 0.0146. The fraction of sp³-hybridized carbons (Fsp3) is 0.480. The van der Waals surface area contributed by atoms with Gasteiger partial charge in [-0.15, -0.1) is 0 Å². The Morgan fingerprint density at radius 3 is 2.54 bits per heavy atom. The summed E-state index contributed by atoms with van der Waals surface area (Å²) in [5, 5.41) is 3.47. The maximum absolute atomic E-state index is 12.7. The number of carbonyl (C=O) groups excluding carboxylic acids is 1. The Bertz CT molecular complexity index is 1050. The summed E-state index contributed by atoms with van der Waals surface area (Å²) in [5.41, 5.74) is 0.237. The van der Waals surface area contributed by atoms with Gasteiger partial charge in [-0.2, -0.15) is 0 Å². The van der Waals surface area contributed by atoms with E-state index in [0.717, 1.165) is 24.2 Å². The maximum atomic E-state index is 12.7. The van der Waals surface area contributed by atoms with Crippen LogP contribution in [0.3, 0.4) is 0 Å². The van der Waals surface area contributed by atoms with E-state index in [-0.39, 0.29) is 18.2 Å². The lowest BCUT2D eigenvalue weighted by Gasteiger charge is -2.30. The van der Waals surface area contributed by atoms with Gasteiger partial charge >= 0.3 is 6.09 Å². The summed E-state index contributed by atoms with van der Waals surface area (Å²) in [4.78, 5) is 31.9. The smallest absolute Gasteiger partial charge is 0.410 e. The minimum atomic E-state index is -0.532. The highest BCUT2D eigenvalue weighted by Gasteiger charge is 2.33. The Kier molecular flexibility index (Phi) is 7.60. The molecule has 2 aliphatic heterocycles. The van der Waals surface area contributed by atoms with E-state index in [2.05, 4.69) is 20.3 Å². The van der Waals surface area contributed by atoms with Crippen molar-refractivity contribution in [2.45, 2.75) is 57.5 Å². The van der Waals surface area contributed by atoms with Crippen molar-refractivity contribution >= 4 is 18.2 Å². The monoisotopic (exact) mass is 480 g/mol. The molecule has 0 saturated carbocycles. The summed E-state index contributed by atoms with van der Waals surface area (Å²) in [6.07, 6.45) is 7.69. The lowest BCUT2D eigenvalue weighted by atomic mass is 10.2. The van der Waals surface area contributed by atoms with Crippen molar-refractivity contribution < 1.29 is 19.0 Å². The quantitative estimate of drug-likeness (QED) is 0.675. The number of benzene rings is 1. The number of ether oxygens (including phenoxy) is 3. The molecule has 3 heterocycles. The van der Waals surface area contributed by atoms with Gasteiger partial charge in [0.15, 0.2) is 6.17 Å². The molecule has 2 aromatic rings. The highest BCUT2D eigenvalue weighted by atomic mass is 16.6. The van der Waals surface area contributed by atoms with Gasteiger partial charge < -0.3 is 19.1 Å². The number of rotatable bonds is 6. The molecular formula is C25H32N6O4. The number of aromatic nitrogens is 2. The zero-order valence-corrected chi connectivity index (χ0v) is 20.5. The standard InChI is InChI=1S/C25H32N6O4/c1-25(2,3)35-24(32)31-11-5-6-18(31)14-28-21-15-29-22(17-12-26-16-27-13-17)30-23(21)34-20-9-7-19(33-4)8-10-20/h7-10,12-13,15-16,18,21-22,28H,5-6,11,14H2,1-4H3. The Morgan fingerprint density at radius 2 is 1.86 bits per heavy atom. The lowest BCUT2D eigenvalue weighted by molar-refractivity contribution is 0.0226. The van der Waals surface area contributed by atoms with Gasteiger partial charge in [-0.05, 0) is 57.9 Å². The summed E-state index contributed by atoms with van der Waals surface area (Å²) in [7, 11) is 1.62. The summed E-state index contributed by atoms with van der Waals surface area (Å²) >= 11 is 0. The molecule has 186 valence electrons. The Labute approximate surface area is 205 Å². The molecule has 0 spiro atoms. The number of aliphatic imine (C=N–C) groups is 2. The molecule has 1 amide bonds. The molecule has 1 aromatic carbocycles. The van der Waals surface area contributed by atoms with Gasteiger partial charge in [0.25, 0.3) is 0 Å². The number of carbonyl (C=O) groups is 1. The molecule has 1 saturated heterocycles. The summed E-state index contributed by atoms with van der Waals surface area (Å²) in [5.74, 6) is 1.84. The largest absolute Gasteiger partial charge is 0.497 e. The maximum Gasteiger partial charge on any atom is 0.410 e. The van der Waals surface area contributed by atoms with Crippen LogP contribution >= 0.6 is 0 Å². The number of nitrogens with zero attached hydrogens (tertiary/aromatic N) is 5. The molecule has 35 heavy (non-hydrogen) atoms.